The third-order valence-electron chi connectivity index (χ3n) is 4.89. The van der Waals surface area contributed by atoms with Crippen LogP contribution in [0.5, 0.6) is 0 Å². The van der Waals surface area contributed by atoms with E-state index in [1.165, 1.54) is 6.20 Å². The van der Waals surface area contributed by atoms with Gasteiger partial charge >= 0.3 is 0 Å². The second-order valence-corrected chi connectivity index (χ2v) is 7.96. The Balaban J connectivity index is 1.66. The summed E-state index contributed by atoms with van der Waals surface area (Å²) in [5, 5.41) is 22.0. The van der Waals surface area contributed by atoms with Gasteiger partial charge in [0.2, 0.25) is 0 Å². The summed E-state index contributed by atoms with van der Waals surface area (Å²) in [5.74, 6) is 0.441. The van der Waals surface area contributed by atoms with E-state index < -0.39 is 5.60 Å². The van der Waals surface area contributed by atoms with E-state index in [0.29, 0.717) is 29.5 Å². The Morgan fingerprint density at radius 3 is 2.96 bits per heavy atom. The summed E-state index contributed by atoms with van der Waals surface area (Å²) in [5.41, 5.74) is 0.614. The van der Waals surface area contributed by atoms with Gasteiger partial charge in [-0.05, 0) is 39.7 Å². The van der Waals surface area contributed by atoms with Gasteiger partial charge in [-0.2, -0.15) is 10.2 Å². The second-order valence-electron chi connectivity index (χ2n) is 7.96. The number of anilines is 2. The molecule has 1 aliphatic rings. The molecule has 0 aromatic carbocycles. The lowest BCUT2D eigenvalue weighted by molar-refractivity contribution is 0.0578. The number of nitrogens with zero attached hydrogens (tertiary/aromatic N) is 6. The molecule has 1 saturated heterocycles. The van der Waals surface area contributed by atoms with Gasteiger partial charge in [0, 0.05) is 25.0 Å². The zero-order valence-corrected chi connectivity index (χ0v) is 16.3. The molecular weight excluding hydrogens is 358 g/mol. The monoisotopic (exact) mass is 383 g/mol. The number of aromatic nitrogens is 5. The van der Waals surface area contributed by atoms with Crippen molar-refractivity contribution in [2.75, 3.05) is 16.8 Å². The molecule has 28 heavy (non-hydrogen) atoms. The average molecular weight is 383 g/mol. The molecule has 9 nitrogen and oxygen atoms in total. The summed E-state index contributed by atoms with van der Waals surface area (Å²) < 4.78 is 3.25. The van der Waals surface area contributed by atoms with Crippen LogP contribution in [0.25, 0.3) is 5.65 Å². The molecule has 1 atom stereocenters. The highest BCUT2D eigenvalue weighted by Gasteiger charge is 2.28. The first-order valence-corrected chi connectivity index (χ1v) is 9.48. The van der Waals surface area contributed by atoms with Crippen molar-refractivity contribution in [3.05, 3.63) is 36.4 Å². The van der Waals surface area contributed by atoms with Crippen LogP contribution < -0.4 is 10.2 Å². The van der Waals surface area contributed by atoms with E-state index >= 15 is 0 Å². The fourth-order valence-corrected chi connectivity index (χ4v) is 3.61. The van der Waals surface area contributed by atoms with Crippen LogP contribution in [0.4, 0.5) is 11.5 Å². The Hall–Kier alpha value is -2.94. The molecule has 148 valence electrons. The topological polar surface area (TPSA) is 101 Å². The van der Waals surface area contributed by atoms with Crippen LogP contribution in [0.1, 0.15) is 44.0 Å². The van der Waals surface area contributed by atoms with Gasteiger partial charge in [0.1, 0.15) is 11.3 Å². The van der Waals surface area contributed by atoms with Gasteiger partial charge in [0.15, 0.2) is 11.5 Å². The molecule has 4 heterocycles. The summed E-state index contributed by atoms with van der Waals surface area (Å²) in [6.07, 6.45) is 8.84. The van der Waals surface area contributed by atoms with Crippen molar-refractivity contribution in [1.29, 1.82) is 0 Å². The number of amides is 1. The SMILES string of the molecule is CC1CCCN1c1nn(CC(C)(C)O)cc1NC(=O)c1cnn2cccnc12. The molecule has 0 radical (unpaired) electrons. The summed E-state index contributed by atoms with van der Waals surface area (Å²) in [6.45, 7) is 6.84. The van der Waals surface area contributed by atoms with E-state index in [1.54, 1.807) is 47.7 Å². The highest BCUT2D eigenvalue weighted by atomic mass is 16.3. The minimum atomic E-state index is -0.909. The largest absolute Gasteiger partial charge is 0.389 e. The Kier molecular flexibility index (Phi) is 4.54. The second kappa shape index (κ2) is 6.90. The summed E-state index contributed by atoms with van der Waals surface area (Å²) >= 11 is 0. The molecule has 4 rings (SSSR count). The standard InChI is InChI=1S/C19H25N7O2/c1-13-6-4-8-25(13)17-15(11-24(23-17)12-19(2,3)28)22-18(27)14-10-21-26-9-5-7-20-16(14)26/h5,7,9-11,13,28H,4,6,8,12H2,1-3H3,(H,22,27). The minimum absolute atomic E-state index is 0.287. The van der Waals surface area contributed by atoms with Gasteiger partial charge in [-0.25, -0.2) is 9.50 Å². The van der Waals surface area contributed by atoms with Crippen molar-refractivity contribution < 1.29 is 9.90 Å². The van der Waals surface area contributed by atoms with Crippen molar-refractivity contribution >= 4 is 23.1 Å². The lowest BCUT2D eigenvalue weighted by Crippen LogP contribution is -2.29. The molecular formula is C19H25N7O2. The Morgan fingerprint density at radius 1 is 1.43 bits per heavy atom. The number of rotatable bonds is 5. The number of aliphatic hydroxyl groups is 1. The Bertz CT molecular complexity index is 1000. The van der Waals surface area contributed by atoms with Gasteiger partial charge in [-0.15, -0.1) is 0 Å². The first kappa shape index (κ1) is 18.4. The van der Waals surface area contributed by atoms with Crippen molar-refractivity contribution in [2.24, 2.45) is 0 Å². The number of fused-ring (bicyclic) bond motifs is 1. The minimum Gasteiger partial charge on any atom is -0.389 e. The molecule has 1 amide bonds. The maximum absolute atomic E-state index is 12.9. The van der Waals surface area contributed by atoms with Crippen molar-refractivity contribution in [3.8, 4) is 0 Å². The van der Waals surface area contributed by atoms with Gasteiger partial charge in [-0.1, -0.05) is 0 Å². The number of carbonyl (C=O) groups is 1. The van der Waals surface area contributed by atoms with E-state index in [4.69, 9.17) is 0 Å². The molecule has 0 aliphatic carbocycles. The van der Waals surface area contributed by atoms with Gasteiger partial charge in [0.25, 0.3) is 5.91 Å². The third-order valence-corrected chi connectivity index (χ3v) is 4.89. The predicted molar refractivity (Wildman–Crippen MR) is 106 cm³/mol. The highest BCUT2D eigenvalue weighted by molar-refractivity contribution is 6.09. The summed E-state index contributed by atoms with van der Waals surface area (Å²) in [7, 11) is 0. The first-order valence-electron chi connectivity index (χ1n) is 9.48. The normalized spacial score (nSPS) is 17.4. The van der Waals surface area contributed by atoms with E-state index in [2.05, 4.69) is 32.3 Å². The van der Waals surface area contributed by atoms with Gasteiger partial charge < -0.3 is 15.3 Å². The number of nitrogens with one attached hydrogen (secondary N) is 1. The van der Waals surface area contributed by atoms with Crippen LogP contribution in [-0.4, -0.2) is 53.6 Å². The lowest BCUT2D eigenvalue weighted by Gasteiger charge is -2.22. The van der Waals surface area contributed by atoms with Crippen molar-refractivity contribution in [1.82, 2.24) is 24.4 Å². The molecule has 3 aromatic heterocycles. The molecule has 9 heteroatoms. The molecule has 1 unspecified atom stereocenters. The predicted octanol–water partition coefficient (Wildman–Crippen LogP) is 1.94. The van der Waals surface area contributed by atoms with E-state index in [-0.39, 0.29) is 5.91 Å². The zero-order chi connectivity index (χ0) is 19.9. The molecule has 1 fully saturated rings. The van der Waals surface area contributed by atoms with Gasteiger partial charge in [0.05, 0.1) is 24.5 Å². The summed E-state index contributed by atoms with van der Waals surface area (Å²) in [6, 6.07) is 2.11. The molecule has 1 aliphatic heterocycles. The molecule has 0 bridgehead atoms. The van der Waals surface area contributed by atoms with Crippen molar-refractivity contribution in [2.45, 2.75) is 51.8 Å². The first-order chi connectivity index (χ1) is 13.3. The van der Waals surface area contributed by atoms with Gasteiger partial charge in [-0.3, -0.25) is 9.48 Å². The molecule has 0 spiro atoms. The quantitative estimate of drug-likeness (QED) is 0.698. The molecule has 2 N–H and O–H groups in total. The Labute approximate surface area is 163 Å². The maximum atomic E-state index is 12.9. The highest BCUT2D eigenvalue weighted by Crippen LogP contribution is 2.31. The Morgan fingerprint density at radius 2 is 2.25 bits per heavy atom. The average Bonchev–Trinajstić information content (AvgIpc) is 3.31. The van der Waals surface area contributed by atoms with Crippen molar-refractivity contribution in [3.63, 3.8) is 0 Å². The van der Waals surface area contributed by atoms with Crippen LogP contribution in [0.15, 0.2) is 30.9 Å². The van der Waals surface area contributed by atoms with Crippen LogP contribution >= 0.6 is 0 Å². The molecule has 3 aromatic rings. The van der Waals surface area contributed by atoms with E-state index in [9.17, 15) is 9.90 Å². The number of hydrogen-bond donors (Lipinski definition) is 2. The number of carbonyl (C=O) groups excluding carboxylic acids is 1. The van der Waals surface area contributed by atoms with Crippen LogP contribution in [0.3, 0.4) is 0 Å². The van der Waals surface area contributed by atoms with E-state index in [1.807, 2.05) is 0 Å². The zero-order valence-electron chi connectivity index (χ0n) is 16.3. The van der Waals surface area contributed by atoms with E-state index in [0.717, 1.165) is 25.2 Å². The fraction of sp³-hybridized carbons (Fsp3) is 0.474. The fourth-order valence-electron chi connectivity index (χ4n) is 3.61. The lowest BCUT2D eigenvalue weighted by atomic mass is 10.1. The smallest absolute Gasteiger partial charge is 0.261 e. The van der Waals surface area contributed by atoms with Crippen LogP contribution in [-0.2, 0) is 6.54 Å². The third kappa shape index (κ3) is 3.57. The molecule has 0 saturated carbocycles. The maximum Gasteiger partial charge on any atom is 0.261 e. The van der Waals surface area contributed by atoms with Crippen LogP contribution in [0, 0.1) is 0 Å². The van der Waals surface area contributed by atoms with Crippen LogP contribution in [0.2, 0.25) is 0 Å². The summed E-state index contributed by atoms with van der Waals surface area (Å²) in [4.78, 5) is 19.4. The number of hydrogen-bond acceptors (Lipinski definition) is 6.